The smallest absolute Gasteiger partial charge is 0.0892 e. The summed E-state index contributed by atoms with van der Waals surface area (Å²) in [6, 6.07) is 0.321. The van der Waals surface area contributed by atoms with E-state index in [4.69, 9.17) is 0 Å². The SMILES string of the molecule is CCNC(C)c1cnn2ccncc12. The fourth-order valence-corrected chi connectivity index (χ4v) is 1.60. The van der Waals surface area contributed by atoms with Gasteiger partial charge in [0, 0.05) is 24.0 Å². The topological polar surface area (TPSA) is 42.2 Å². The minimum Gasteiger partial charge on any atom is -0.310 e. The Balaban J connectivity index is 2.42. The van der Waals surface area contributed by atoms with Crippen LogP contribution >= 0.6 is 0 Å². The van der Waals surface area contributed by atoms with E-state index in [2.05, 4.69) is 29.2 Å². The first-order valence-corrected chi connectivity index (χ1v) is 4.83. The van der Waals surface area contributed by atoms with Gasteiger partial charge in [0.05, 0.1) is 17.9 Å². The summed E-state index contributed by atoms with van der Waals surface area (Å²) < 4.78 is 1.84. The van der Waals surface area contributed by atoms with Gasteiger partial charge in [-0.15, -0.1) is 0 Å². The van der Waals surface area contributed by atoms with E-state index < -0.39 is 0 Å². The molecule has 0 aromatic carbocycles. The van der Waals surface area contributed by atoms with Crippen LogP contribution in [0, 0.1) is 0 Å². The van der Waals surface area contributed by atoms with Gasteiger partial charge < -0.3 is 5.32 Å². The van der Waals surface area contributed by atoms with E-state index in [-0.39, 0.29) is 0 Å². The van der Waals surface area contributed by atoms with Gasteiger partial charge in [0.25, 0.3) is 0 Å². The molecule has 4 nitrogen and oxygen atoms in total. The van der Waals surface area contributed by atoms with Crippen LogP contribution in [0.25, 0.3) is 5.52 Å². The normalized spacial score (nSPS) is 13.3. The van der Waals surface area contributed by atoms with Crippen LogP contribution in [0.5, 0.6) is 0 Å². The van der Waals surface area contributed by atoms with Crippen molar-refractivity contribution in [1.82, 2.24) is 19.9 Å². The van der Waals surface area contributed by atoms with Crippen molar-refractivity contribution in [2.24, 2.45) is 0 Å². The van der Waals surface area contributed by atoms with E-state index in [1.165, 1.54) is 5.56 Å². The van der Waals surface area contributed by atoms with E-state index in [0.717, 1.165) is 12.1 Å². The first-order valence-electron chi connectivity index (χ1n) is 4.83. The molecule has 0 saturated heterocycles. The second-order valence-corrected chi connectivity index (χ2v) is 3.29. The second-order valence-electron chi connectivity index (χ2n) is 3.29. The van der Waals surface area contributed by atoms with Crippen molar-refractivity contribution in [3.63, 3.8) is 0 Å². The van der Waals surface area contributed by atoms with Crippen LogP contribution in [0.4, 0.5) is 0 Å². The van der Waals surface area contributed by atoms with Crippen molar-refractivity contribution in [2.45, 2.75) is 19.9 Å². The van der Waals surface area contributed by atoms with Gasteiger partial charge in [-0.25, -0.2) is 4.52 Å². The Bertz CT molecular complexity index is 421. The summed E-state index contributed by atoms with van der Waals surface area (Å²) in [7, 11) is 0. The molecule has 2 heterocycles. The van der Waals surface area contributed by atoms with Crippen molar-refractivity contribution in [3.8, 4) is 0 Å². The van der Waals surface area contributed by atoms with Gasteiger partial charge in [0.2, 0.25) is 0 Å². The summed E-state index contributed by atoms with van der Waals surface area (Å²) in [4.78, 5) is 4.10. The molecular formula is C10H14N4. The number of nitrogens with one attached hydrogen (secondary N) is 1. The van der Waals surface area contributed by atoms with Crippen LogP contribution in [0.1, 0.15) is 25.5 Å². The third-order valence-electron chi connectivity index (χ3n) is 2.33. The standard InChI is InChI=1S/C10H14N4/c1-3-12-8(2)9-6-13-14-5-4-11-7-10(9)14/h4-8,12H,3H2,1-2H3. The maximum atomic E-state index is 4.26. The fourth-order valence-electron chi connectivity index (χ4n) is 1.60. The predicted octanol–water partition coefficient (Wildman–Crippen LogP) is 1.40. The Labute approximate surface area is 83.0 Å². The second kappa shape index (κ2) is 3.75. The fraction of sp³-hybridized carbons (Fsp3) is 0.400. The Morgan fingerprint density at radius 2 is 2.36 bits per heavy atom. The van der Waals surface area contributed by atoms with Crippen LogP contribution in [-0.4, -0.2) is 21.1 Å². The van der Waals surface area contributed by atoms with E-state index in [0.29, 0.717) is 6.04 Å². The third-order valence-corrected chi connectivity index (χ3v) is 2.33. The van der Waals surface area contributed by atoms with Crippen molar-refractivity contribution < 1.29 is 0 Å². The highest BCUT2D eigenvalue weighted by Gasteiger charge is 2.09. The lowest BCUT2D eigenvalue weighted by atomic mass is 10.1. The Kier molecular flexibility index (Phi) is 2.45. The maximum absolute atomic E-state index is 4.26. The first kappa shape index (κ1) is 9.15. The molecule has 0 aliphatic rings. The zero-order chi connectivity index (χ0) is 9.97. The molecule has 2 rings (SSSR count). The number of hydrogen-bond donors (Lipinski definition) is 1. The Morgan fingerprint density at radius 1 is 1.50 bits per heavy atom. The lowest BCUT2D eigenvalue weighted by molar-refractivity contribution is 0.601. The molecular weight excluding hydrogens is 176 g/mol. The van der Waals surface area contributed by atoms with E-state index in [9.17, 15) is 0 Å². The molecule has 0 amide bonds. The average Bonchev–Trinajstić information content (AvgIpc) is 2.61. The molecule has 0 aliphatic heterocycles. The van der Waals surface area contributed by atoms with Gasteiger partial charge in [-0.05, 0) is 13.5 Å². The van der Waals surface area contributed by atoms with Gasteiger partial charge in [-0.2, -0.15) is 5.10 Å². The van der Waals surface area contributed by atoms with Gasteiger partial charge in [0.15, 0.2) is 0 Å². The largest absolute Gasteiger partial charge is 0.310 e. The van der Waals surface area contributed by atoms with Crippen molar-refractivity contribution in [2.75, 3.05) is 6.54 Å². The minimum atomic E-state index is 0.321. The molecule has 0 aliphatic carbocycles. The van der Waals surface area contributed by atoms with Crippen molar-refractivity contribution in [3.05, 3.63) is 30.4 Å². The molecule has 0 bridgehead atoms. The Morgan fingerprint density at radius 3 is 3.14 bits per heavy atom. The molecule has 1 N–H and O–H groups in total. The summed E-state index contributed by atoms with van der Waals surface area (Å²) in [6.07, 6.45) is 7.33. The molecule has 2 aromatic heterocycles. The maximum Gasteiger partial charge on any atom is 0.0892 e. The molecule has 2 aromatic rings. The molecule has 14 heavy (non-hydrogen) atoms. The van der Waals surface area contributed by atoms with Gasteiger partial charge in [0.1, 0.15) is 0 Å². The highest BCUT2D eigenvalue weighted by molar-refractivity contribution is 5.52. The molecule has 0 radical (unpaired) electrons. The molecule has 1 atom stereocenters. The highest BCUT2D eigenvalue weighted by atomic mass is 15.2. The van der Waals surface area contributed by atoms with Crippen LogP contribution in [0.15, 0.2) is 24.8 Å². The summed E-state index contributed by atoms with van der Waals surface area (Å²) in [5, 5.41) is 7.62. The third kappa shape index (κ3) is 1.48. The summed E-state index contributed by atoms with van der Waals surface area (Å²) in [6.45, 7) is 5.19. The molecule has 0 spiro atoms. The van der Waals surface area contributed by atoms with Crippen LogP contribution in [-0.2, 0) is 0 Å². The average molecular weight is 190 g/mol. The predicted molar refractivity (Wildman–Crippen MR) is 55.1 cm³/mol. The van der Waals surface area contributed by atoms with Crippen molar-refractivity contribution >= 4 is 5.52 Å². The number of nitrogens with zero attached hydrogens (tertiary/aromatic N) is 3. The lowest BCUT2D eigenvalue weighted by Crippen LogP contribution is -2.17. The molecule has 74 valence electrons. The zero-order valence-corrected chi connectivity index (χ0v) is 8.44. The van der Waals surface area contributed by atoms with E-state index in [1.54, 1.807) is 6.20 Å². The highest BCUT2D eigenvalue weighted by Crippen LogP contribution is 2.16. The monoisotopic (exact) mass is 190 g/mol. The molecule has 0 fully saturated rings. The van der Waals surface area contributed by atoms with Crippen LogP contribution in [0.3, 0.4) is 0 Å². The number of rotatable bonds is 3. The zero-order valence-electron chi connectivity index (χ0n) is 8.44. The quantitative estimate of drug-likeness (QED) is 0.795. The number of fused-ring (bicyclic) bond motifs is 1. The van der Waals surface area contributed by atoms with Crippen molar-refractivity contribution in [1.29, 1.82) is 0 Å². The van der Waals surface area contributed by atoms with E-state index in [1.807, 2.05) is 23.1 Å². The van der Waals surface area contributed by atoms with Gasteiger partial charge in [-0.3, -0.25) is 4.98 Å². The van der Waals surface area contributed by atoms with Gasteiger partial charge in [-0.1, -0.05) is 6.92 Å². The number of hydrogen-bond acceptors (Lipinski definition) is 3. The molecule has 0 saturated carbocycles. The molecule has 4 heteroatoms. The molecule has 1 unspecified atom stereocenters. The summed E-state index contributed by atoms with van der Waals surface area (Å²) in [5.74, 6) is 0. The lowest BCUT2D eigenvalue weighted by Gasteiger charge is -2.09. The van der Waals surface area contributed by atoms with Crippen LogP contribution < -0.4 is 5.32 Å². The van der Waals surface area contributed by atoms with Crippen LogP contribution in [0.2, 0.25) is 0 Å². The van der Waals surface area contributed by atoms with E-state index >= 15 is 0 Å². The summed E-state index contributed by atoms with van der Waals surface area (Å²) in [5.41, 5.74) is 2.26. The first-order chi connectivity index (χ1) is 6.83. The Hall–Kier alpha value is -1.42. The minimum absolute atomic E-state index is 0.321. The van der Waals surface area contributed by atoms with Gasteiger partial charge >= 0.3 is 0 Å². The number of aromatic nitrogens is 3. The summed E-state index contributed by atoms with van der Waals surface area (Å²) >= 11 is 0.